The van der Waals surface area contributed by atoms with Gasteiger partial charge in [0.2, 0.25) is 5.95 Å². The highest BCUT2D eigenvalue weighted by atomic mass is 79.9. The van der Waals surface area contributed by atoms with Gasteiger partial charge in [0.05, 0.1) is 20.5 Å². The van der Waals surface area contributed by atoms with Crippen molar-refractivity contribution in [1.82, 2.24) is 9.97 Å². The van der Waals surface area contributed by atoms with E-state index in [9.17, 15) is 8.78 Å². The molecule has 3 aromatic rings. The Morgan fingerprint density at radius 2 is 2.05 bits per heavy atom. The molecule has 0 saturated heterocycles. The monoisotopic (exact) mass is 343 g/mol. The smallest absolute Gasteiger partial charge is 0.205 e. The van der Waals surface area contributed by atoms with Gasteiger partial charge in [0.25, 0.3) is 0 Å². The Kier molecular flexibility index (Phi) is 3.02. The zero-order valence-corrected chi connectivity index (χ0v) is 12.1. The van der Waals surface area contributed by atoms with Crippen LogP contribution in [0, 0.1) is 18.6 Å². The number of nitrogens with one attached hydrogen (secondary N) is 2. The summed E-state index contributed by atoms with van der Waals surface area (Å²) in [6.07, 6.45) is 0. The predicted octanol–water partition coefficient (Wildman–Crippen LogP) is 4.72. The first kappa shape index (κ1) is 12.6. The molecule has 0 aliphatic heterocycles. The van der Waals surface area contributed by atoms with Crippen molar-refractivity contribution >= 4 is 49.9 Å². The van der Waals surface area contributed by atoms with Crippen molar-refractivity contribution in [2.45, 2.75) is 6.92 Å². The first-order valence-corrected chi connectivity index (χ1v) is 7.07. The molecular formula is C12H8BrF2N3S. The fraction of sp³-hybridized carbons (Fsp3) is 0.0833. The normalized spacial score (nSPS) is 11.2. The van der Waals surface area contributed by atoms with Gasteiger partial charge in [-0.25, -0.2) is 13.8 Å². The summed E-state index contributed by atoms with van der Waals surface area (Å²) in [5.41, 5.74) is 2.79. The van der Waals surface area contributed by atoms with Gasteiger partial charge in [-0.2, -0.15) is 0 Å². The molecule has 0 atom stereocenters. The summed E-state index contributed by atoms with van der Waals surface area (Å²) in [5.74, 6) is -1.35. The lowest BCUT2D eigenvalue weighted by atomic mass is 10.3. The van der Waals surface area contributed by atoms with Crippen LogP contribution < -0.4 is 5.32 Å². The van der Waals surface area contributed by atoms with Crippen molar-refractivity contribution in [3.8, 4) is 0 Å². The van der Waals surface area contributed by atoms with Crippen molar-refractivity contribution in [1.29, 1.82) is 0 Å². The second-order valence-corrected chi connectivity index (χ2v) is 6.26. The Labute approximate surface area is 119 Å². The Balaban J connectivity index is 2.02. The minimum Gasteiger partial charge on any atom is -0.324 e. The third-order valence-electron chi connectivity index (χ3n) is 2.70. The quantitative estimate of drug-likeness (QED) is 0.706. The molecule has 0 saturated carbocycles. The molecule has 2 aromatic heterocycles. The Morgan fingerprint density at radius 3 is 2.74 bits per heavy atom. The van der Waals surface area contributed by atoms with Crippen molar-refractivity contribution in [2.24, 2.45) is 0 Å². The van der Waals surface area contributed by atoms with Crippen LogP contribution in [-0.2, 0) is 0 Å². The molecule has 2 N–H and O–H groups in total. The van der Waals surface area contributed by atoms with E-state index < -0.39 is 11.6 Å². The van der Waals surface area contributed by atoms with Crippen LogP contribution in [-0.4, -0.2) is 9.97 Å². The third-order valence-corrected chi connectivity index (χ3v) is 4.54. The van der Waals surface area contributed by atoms with Crippen LogP contribution in [0.25, 0.3) is 11.0 Å². The maximum Gasteiger partial charge on any atom is 0.205 e. The van der Waals surface area contributed by atoms with Crippen molar-refractivity contribution in [2.75, 3.05) is 5.32 Å². The van der Waals surface area contributed by atoms with Crippen LogP contribution in [0.2, 0.25) is 0 Å². The fourth-order valence-corrected chi connectivity index (χ4v) is 3.16. The van der Waals surface area contributed by atoms with Crippen LogP contribution in [0.4, 0.5) is 20.4 Å². The van der Waals surface area contributed by atoms with Gasteiger partial charge < -0.3 is 10.3 Å². The van der Waals surface area contributed by atoms with Crippen LogP contribution in [0.5, 0.6) is 0 Å². The number of benzene rings is 1. The number of nitrogens with zero attached hydrogens (tertiary/aromatic N) is 1. The summed E-state index contributed by atoms with van der Waals surface area (Å²) in [6.45, 7) is 1.96. The molecule has 0 spiro atoms. The number of rotatable bonds is 2. The Hall–Kier alpha value is -1.47. The molecule has 19 heavy (non-hydrogen) atoms. The molecule has 3 nitrogen and oxygen atoms in total. The van der Waals surface area contributed by atoms with E-state index >= 15 is 0 Å². The zero-order valence-electron chi connectivity index (χ0n) is 9.72. The number of aryl methyl sites for hydroxylation is 1. The van der Waals surface area contributed by atoms with Crippen LogP contribution in [0.3, 0.4) is 0 Å². The van der Waals surface area contributed by atoms with Crippen molar-refractivity contribution in [3.63, 3.8) is 0 Å². The second kappa shape index (κ2) is 4.57. The molecule has 3 rings (SSSR count). The van der Waals surface area contributed by atoms with Crippen LogP contribution >= 0.6 is 27.3 Å². The van der Waals surface area contributed by atoms with Gasteiger partial charge in [-0.05, 0) is 33.8 Å². The highest BCUT2D eigenvalue weighted by Gasteiger charge is 2.11. The van der Waals surface area contributed by atoms with E-state index in [1.165, 1.54) is 0 Å². The van der Waals surface area contributed by atoms with E-state index in [2.05, 4.69) is 31.2 Å². The van der Waals surface area contributed by atoms with E-state index in [1.54, 1.807) is 11.3 Å². The molecule has 0 unspecified atom stereocenters. The van der Waals surface area contributed by atoms with E-state index in [-0.39, 0.29) is 0 Å². The third kappa shape index (κ3) is 2.23. The number of anilines is 2. The summed E-state index contributed by atoms with van der Waals surface area (Å²) >= 11 is 4.99. The van der Waals surface area contributed by atoms with E-state index in [0.29, 0.717) is 17.0 Å². The first-order chi connectivity index (χ1) is 9.04. The number of H-pyrrole nitrogens is 1. The lowest BCUT2D eigenvalue weighted by molar-refractivity contribution is 0.510. The summed E-state index contributed by atoms with van der Waals surface area (Å²) in [5, 5.41) is 5.10. The molecule has 0 fully saturated rings. The molecule has 0 aliphatic carbocycles. The number of hydrogen-bond donors (Lipinski definition) is 2. The molecular weight excluding hydrogens is 336 g/mol. The van der Waals surface area contributed by atoms with Gasteiger partial charge >= 0.3 is 0 Å². The first-order valence-electron chi connectivity index (χ1n) is 5.40. The molecule has 98 valence electrons. The molecule has 7 heteroatoms. The maximum atomic E-state index is 13.1. The molecule has 0 amide bonds. The summed E-state index contributed by atoms with van der Waals surface area (Å²) in [7, 11) is 0. The lowest BCUT2D eigenvalue weighted by Gasteiger charge is -2.02. The number of imidazole rings is 1. The maximum absolute atomic E-state index is 13.1. The minimum absolute atomic E-state index is 0.380. The van der Waals surface area contributed by atoms with Gasteiger partial charge in [0.15, 0.2) is 11.6 Å². The zero-order chi connectivity index (χ0) is 13.6. The number of fused-ring (bicyclic) bond motifs is 1. The number of hydrogen-bond acceptors (Lipinski definition) is 3. The predicted molar refractivity (Wildman–Crippen MR) is 76.0 cm³/mol. The van der Waals surface area contributed by atoms with Crippen molar-refractivity contribution < 1.29 is 8.78 Å². The summed E-state index contributed by atoms with van der Waals surface area (Å²) < 4.78 is 27.2. The van der Waals surface area contributed by atoms with Gasteiger partial charge in [-0.3, -0.25) is 0 Å². The number of thiophene rings is 1. The van der Waals surface area contributed by atoms with E-state index in [0.717, 1.165) is 27.2 Å². The van der Waals surface area contributed by atoms with Gasteiger partial charge in [-0.1, -0.05) is 0 Å². The minimum atomic E-state index is -0.904. The molecule has 0 radical (unpaired) electrons. The van der Waals surface area contributed by atoms with Crippen LogP contribution in [0.15, 0.2) is 21.3 Å². The molecule has 0 aliphatic rings. The van der Waals surface area contributed by atoms with E-state index in [1.807, 2.05) is 12.3 Å². The van der Waals surface area contributed by atoms with E-state index in [4.69, 9.17) is 0 Å². The van der Waals surface area contributed by atoms with Gasteiger partial charge in [-0.15, -0.1) is 11.3 Å². The topological polar surface area (TPSA) is 40.7 Å². The molecule has 0 bridgehead atoms. The average Bonchev–Trinajstić information content (AvgIpc) is 2.88. The molecule has 2 heterocycles. The number of halogens is 3. The van der Waals surface area contributed by atoms with Crippen LogP contribution in [0.1, 0.15) is 5.56 Å². The number of aromatic amines is 1. The van der Waals surface area contributed by atoms with Crippen molar-refractivity contribution in [3.05, 3.63) is 38.5 Å². The highest BCUT2D eigenvalue weighted by molar-refractivity contribution is 9.11. The Bertz CT molecular complexity index is 707. The molecule has 1 aromatic carbocycles. The second-order valence-electron chi connectivity index (χ2n) is 4.06. The summed E-state index contributed by atoms with van der Waals surface area (Å²) in [6, 6.07) is 2.17. The highest BCUT2D eigenvalue weighted by Crippen LogP contribution is 2.34. The average molecular weight is 344 g/mol. The lowest BCUT2D eigenvalue weighted by Crippen LogP contribution is -1.92. The SMILES string of the molecule is Cc1csc(Br)c1Nc1nc2cc(F)c(F)cc2[nH]1. The largest absolute Gasteiger partial charge is 0.324 e. The number of aromatic nitrogens is 2. The summed E-state index contributed by atoms with van der Waals surface area (Å²) in [4.78, 5) is 7.09. The Morgan fingerprint density at radius 1 is 1.32 bits per heavy atom. The van der Waals surface area contributed by atoms with Gasteiger partial charge in [0.1, 0.15) is 0 Å². The standard InChI is InChI=1S/C12H8BrF2N3S/c1-5-4-19-11(13)10(5)18-12-16-8-2-6(14)7(15)3-9(8)17-12/h2-4H,1H3,(H2,16,17,18). The van der Waals surface area contributed by atoms with Gasteiger partial charge in [0, 0.05) is 12.1 Å². The fourth-order valence-electron chi connectivity index (χ4n) is 1.74.